The highest BCUT2D eigenvalue weighted by Gasteiger charge is 2.27. The molecule has 0 radical (unpaired) electrons. The van der Waals surface area contributed by atoms with E-state index in [0.717, 1.165) is 57.7 Å². The zero-order valence-electron chi connectivity index (χ0n) is 17.7. The molecule has 4 rings (SSSR count). The van der Waals surface area contributed by atoms with Crippen molar-refractivity contribution in [1.29, 1.82) is 0 Å². The summed E-state index contributed by atoms with van der Waals surface area (Å²) in [7, 11) is 1.72. The first-order valence-electron chi connectivity index (χ1n) is 10.9. The van der Waals surface area contributed by atoms with Gasteiger partial charge in [0.1, 0.15) is 11.9 Å². The number of carbonyl (C=O) groups excluding carboxylic acids is 1. The van der Waals surface area contributed by atoms with Gasteiger partial charge in [-0.1, -0.05) is 6.07 Å². The molecule has 2 saturated heterocycles. The first kappa shape index (κ1) is 20.8. The Labute approximate surface area is 178 Å². The number of benzene rings is 1. The maximum Gasteiger partial charge on any atom is 0.253 e. The van der Waals surface area contributed by atoms with E-state index in [4.69, 9.17) is 9.47 Å². The number of pyridine rings is 1. The van der Waals surface area contributed by atoms with Crippen molar-refractivity contribution in [2.45, 2.75) is 31.9 Å². The van der Waals surface area contributed by atoms with E-state index in [1.807, 2.05) is 41.6 Å². The Morgan fingerprint density at radius 2 is 1.90 bits per heavy atom. The van der Waals surface area contributed by atoms with Crippen molar-refractivity contribution in [1.82, 2.24) is 14.8 Å². The fraction of sp³-hybridized carbons (Fsp3) is 0.500. The van der Waals surface area contributed by atoms with E-state index in [9.17, 15) is 4.79 Å². The summed E-state index contributed by atoms with van der Waals surface area (Å²) in [6, 6.07) is 11.8. The molecule has 1 aromatic heterocycles. The Morgan fingerprint density at radius 3 is 2.67 bits per heavy atom. The van der Waals surface area contributed by atoms with Crippen LogP contribution in [0.3, 0.4) is 0 Å². The molecule has 1 amide bonds. The molecule has 6 heteroatoms. The Morgan fingerprint density at radius 1 is 1.10 bits per heavy atom. The Kier molecular flexibility index (Phi) is 6.97. The lowest BCUT2D eigenvalue weighted by Gasteiger charge is -2.32. The van der Waals surface area contributed by atoms with Crippen LogP contribution in [0.4, 0.5) is 0 Å². The van der Waals surface area contributed by atoms with Crippen LogP contribution in [0.2, 0.25) is 0 Å². The molecule has 1 atom stereocenters. The molecule has 0 unspecified atom stereocenters. The van der Waals surface area contributed by atoms with Crippen LogP contribution in [-0.4, -0.2) is 66.7 Å². The van der Waals surface area contributed by atoms with Crippen LogP contribution < -0.4 is 4.74 Å². The molecule has 3 heterocycles. The first-order chi connectivity index (χ1) is 14.7. The van der Waals surface area contributed by atoms with E-state index in [1.165, 1.54) is 5.56 Å². The smallest absolute Gasteiger partial charge is 0.253 e. The average Bonchev–Trinajstić information content (AvgIpc) is 3.24. The minimum Gasteiger partial charge on any atom is -0.490 e. The highest BCUT2D eigenvalue weighted by Crippen LogP contribution is 2.24. The van der Waals surface area contributed by atoms with Gasteiger partial charge in [0, 0.05) is 63.7 Å². The zero-order chi connectivity index (χ0) is 20.8. The summed E-state index contributed by atoms with van der Waals surface area (Å²) >= 11 is 0. The Hall–Kier alpha value is -2.44. The van der Waals surface area contributed by atoms with E-state index < -0.39 is 0 Å². The van der Waals surface area contributed by atoms with Crippen LogP contribution in [0, 0.1) is 5.92 Å². The van der Waals surface area contributed by atoms with Gasteiger partial charge in [-0.05, 0) is 55.2 Å². The second-order valence-corrected chi connectivity index (χ2v) is 8.34. The van der Waals surface area contributed by atoms with Gasteiger partial charge in [-0.15, -0.1) is 0 Å². The summed E-state index contributed by atoms with van der Waals surface area (Å²) in [6.07, 6.45) is 6.89. The molecular weight excluding hydrogens is 378 g/mol. The fourth-order valence-electron chi connectivity index (χ4n) is 4.40. The summed E-state index contributed by atoms with van der Waals surface area (Å²) in [5, 5.41) is 0. The van der Waals surface area contributed by atoms with Gasteiger partial charge in [0.25, 0.3) is 5.91 Å². The van der Waals surface area contributed by atoms with Crippen LogP contribution in [0.1, 0.15) is 35.2 Å². The van der Waals surface area contributed by atoms with E-state index in [0.29, 0.717) is 18.1 Å². The summed E-state index contributed by atoms with van der Waals surface area (Å²) in [5.74, 6) is 1.32. The van der Waals surface area contributed by atoms with Crippen LogP contribution in [0.5, 0.6) is 5.75 Å². The van der Waals surface area contributed by atoms with Crippen molar-refractivity contribution < 1.29 is 14.3 Å². The zero-order valence-corrected chi connectivity index (χ0v) is 17.7. The topological polar surface area (TPSA) is 54.9 Å². The normalized spacial score (nSPS) is 20.4. The Balaban J connectivity index is 1.28. The lowest BCUT2D eigenvalue weighted by Crippen LogP contribution is -2.37. The van der Waals surface area contributed by atoms with Crippen molar-refractivity contribution in [2.24, 2.45) is 5.92 Å². The number of carbonyl (C=O) groups is 1. The standard InChI is InChI=1S/C24H31N3O3/c1-29-18-20-7-14-27(17-20)24(28)21-3-2-4-23(15-21)30-22-8-12-26(13-9-22)16-19-5-10-25-11-6-19/h2-6,10-11,15,20,22H,7-9,12-14,16-18H2,1H3/t20-/m1/s1. The summed E-state index contributed by atoms with van der Waals surface area (Å²) in [4.78, 5) is 21.3. The maximum absolute atomic E-state index is 12.9. The molecule has 0 aliphatic carbocycles. The van der Waals surface area contributed by atoms with E-state index in [-0.39, 0.29) is 12.0 Å². The fourth-order valence-corrected chi connectivity index (χ4v) is 4.40. The largest absolute Gasteiger partial charge is 0.490 e. The first-order valence-corrected chi connectivity index (χ1v) is 10.9. The predicted octanol–water partition coefficient (Wildman–Crippen LogP) is 3.23. The van der Waals surface area contributed by atoms with Crippen molar-refractivity contribution in [3.05, 3.63) is 59.9 Å². The van der Waals surface area contributed by atoms with Gasteiger partial charge in [-0.25, -0.2) is 0 Å². The van der Waals surface area contributed by atoms with Crippen molar-refractivity contribution in [3.63, 3.8) is 0 Å². The van der Waals surface area contributed by atoms with Crippen molar-refractivity contribution >= 4 is 5.91 Å². The van der Waals surface area contributed by atoms with Crippen LogP contribution in [-0.2, 0) is 11.3 Å². The SMILES string of the molecule is COC[C@@H]1CCN(C(=O)c2cccc(OC3CCN(Cc4ccncc4)CC3)c2)C1. The second kappa shape index (κ2) is 10.0. The third kappa shape index (κ3) is 5.37. The molecule has 6 nitrogen and oxygen atoms in total. The number of hydrogen-bond donors (Lipinski definition) is 0. The lowest BCUT2D eigenvalue weighted by atomic mass is 10.1. The molecule has 2 aliphatic heterocycles. The van der Waals surface area contributed by atoms with Gasteiger partial charge in [-0.3, -0.25) is 14.7 Å². The third-order valence-electron chi connectivity index (χ3n) is 6.05. The van der Waals surface area contributed by atoms with E-state index in [1.54, 1.807) is 7.11 Å². The third-order valence-corrected chi connectivity index (χ3v) is 6.05. The summed E-state index contributed by atoms with van der Waals surface area (Å²) < 4.78 is 11.5. The number of ether oxygens (including phenoxy) is 2. The highest BCUT2D eigenvalue weighted by molar-refractivity contribution is 5.94. The molecule has 0 bridgehead atoms. The minimum atomic E-state index is 0.0891. The van der Waals surface area contributed by atoms with E-state index >= 15 is 0 Å². The average molecular weight is 410 g/mol. The van der Waals surface area contributed by atoms with Gasteiger partial charge in [0.15, 0.2) is 0 Å². The number of methoxy groups -OCH3 is 1. The summed E-state index contributed by atoms with van der Waals surface area (Å²) in [5.41, 5.74) is 2.01. The summed E-state index contributed by atoms with van der Waals surface area (Å²) in [6.45, 7) is 5.27. The number of piperidine rings is 1. The number of amides is 1. The lowest BCUT2D eigenvalue weighted by molar-refractivity contribution is 0.0772. The van der Waals surface area contributed by atoms with Crippen LogP contribution in [0.15, 0.2) is 48.8 Å². The predicted molar refractivity (Wildman–Crippen MR) is 115 cm³/mol. The highest BCUT2D eigenvalue weighted by atomic mass is 16.5. The number of rotatable bonds is 7. The van der Waals surface area contributed by atoms with Gasteiger partial charge in [0.2, 0.25) is 0 Å². The monoisotopic (exact) mass is 409 g/mol. The van der Waals surface area contributed by atoms with Crippen LogP contribution in [0.25, 0.3) is 0 Å². The molecule has 2 aliphatic rings. The van der Waals surface area contributed by atoms with E-state index in [2.05, 4.69) is 22.0 Å². The quantitative estimate of drug-likeness (QED) is 0.703. The maximum atomic E-state index is 12.9. The van der Waals surface area contributed by atoms with Crippen molar-refractivity contribution in [2.75, 3.05) is 39.9 Å². The van der Waals surface area contributed by atoms with Gasteiger partial charge >= 0.3 is 0 Å². The number of aromatic nitrogens is 1. The number of hydrogen-bond acceptors (Lipinski definition) is 5. The van der Waals surface area contributed by atoms with Gasteiger partial charge < -0.3 is 14.4 Å². The molecule has 160 valence electrons. The second-order valence-electron chi connectivity index (χ2n) is 8.34. The number of nitrogens with zero attached hydrogens (tertiary/aromatic N) is 3. The molecule has 2 fully saturated rings. The van der Waals surface area contributed by atoms with Crippen molar-refractivity contribution in [3.8, 4) is 5.75 Å². The molecule has 0 N–H and O–H groups in total. The molecule has 0 saturated carbocycles. The minimum absolute atomic E-state index is 0.0891. The molecule has 2 aromatic rings. The molecular formula is C24H31N3O3. The Bertz CT molecular complexity index is 821. The van der Waals surface area contributed by atoms with Crippen LogP contribution >= 0.6 is 0 Å². The number of likely N-dealkylation sites (tertiary alicyclic amines) is 2. The molecule has 30 heavy (non-hydrogen) atoms. The molecule has 1 aromatic carbocycles. The van der Waals surface area contributed by atoms with Gasteiger partial charge in [-0.2, -0.15) is 0 Å². The van der Waals surface area contributed by atoms with Gasteiger partial charge in [0.05, 0.1) is 6.61 Å². The molecule has 0 spiro atoms.